The normalized spacial score (nSPS) is 10.8. The molecule has 146 valence electrons. The van der Waals surface area contributed by atoms with Crippen molar-refractivity contribution in [1.29, 1.82) is 0 Å². The standard InChI is InChI=1S/C20H24O7/c1-3-19(23)26-12-4-5-13-27-20(24)16(8-11-18(21)22)14-15-6-9-17(25-2)10-7-15/h3,6-7,9-10,14H,1,4-5,8,11-13H2,2H3,(H,21,22)/b16-14-. The second kappa shape index (κ2) is 12.3. The van der Waals surface area contributed by atoms with Crippen molar-refractivity contribution in [2.45, 2.75) is 25.7 Å². The molecule has 0 atom stereocenters. The molecule has 0 saturated carbocycles. The lowest BCUT2D eigenvalue weighted by Crippen LogP contribution is -2.11. The molecule has 0 spiro atoms. The predicted molar refractivity (Wildman–Crippen MR) is 99.2 cm³/mol. The van der Waals surface area contributed by atoms with Crippen molar-refractivity contribution in [3.05, 3.63) is 48.1 Å². The van der Waals surface area contributed by atoms with Crippen LogP contribution in [0.2, 0.25) is 0 Å². The van der Waals surface area contributed by atoms with Crippen molar-refractivity contribution in [3.63, 3.8) is 0 Å². The fraction of sp³-hybridized carbons (Fsp3) is 0.350. The number of unbranched alkanes of at least 4 members (excludes halogenated alkanes) is 1. The third kappa shape index (κ3) is 9.25. The summed E-state index contributed by atoms with van der Waals surface area (Å²) in [7, 11) is 1.55. The summed E-state index contributed by atoms with van der Waals surface area (Å²) in [5, 5.41) is 8.87. The molecular formula is C20H24O7. The molecule has 1 rings (SSSR count). The minimum atomic E-state index is -0.993. The van der Waals surface area contributed by atoms with Gasteiger partial charge in [-0.15, -0.1) is 0 Å². The Kier molecular flexibility index (Phi) is 10.00. The number of carbonyl (C=O) groups excluding carboxylic acids is 2. The minimum Gasteiger partial charge on any atom is -0.497 e. The van der Waals surface area contributed by atoms with Gasteiger partial charge >= 0.3 is 17.9 Å². The van der Waals surface area contributed by atoms with Gasteiger partial charge in [-0.3, -0.25) is 4.79 Å². The van der Waals surface area contributed by atoms with E-state index in [-0.39, 0.29) is 31.6 Å². The molecule has 0 aliphatic rings. The average molecular weight is 376 g/mol. The van der Waals surface area contributed by atoms with Gasteiger partial charge in [0.2, 0.25) is 0 Å². The summed E-state index contributed by atoms with van der Waals surface area (Å²) in [5.41, 5.74) is 1.02. The zero-order valence-corrected chi connectivity index (χ0v) is 15.3. The van der Waals surface area contributed by atoms with Crippen molar-refractivity contribution in [2.75, 3.05) is 20.3 Å². The molecule has 0 fully saturated rings. The highest BCUT2D eigenvalue weighted by Crippen LogP contribution is 2.17. The lowest BCUT2D eigenvalue weighted by atomic mass is 10.1. The van der Waals surface area contributed by atoms with E-state index in [0.717, 1.165) is 11.6 Å². The van der Waals surface area contributed by atoms with Crippen LogP contribution in [-0.4, -0.2) is 43.3 Å². The van der Waals surface area contributed by atoms with Crippen LogP contribution in [0.25, 0.3) is 6.08 Å². The summed E-state index contributed by atoms with van der Waals surface area (Å²) >= 11 is 0. The van der Waals surface area contributed by atoms with E-state index in [9.17, 15) is 14.4 Å². The Morgan fingerprint density at radius 2 is 1.67 bits per heavy atom. The number of ether oxygens (including phenoxy) is 3. The fourth-order valence-electron chi connectivity index (χ4n) is 2.07. The number of esters is 2. The minimum absolute atomic E-state index is 0.0666. The Morgan fingerprint density at radius 3 is 2.22 bits per heavy atom. The summed E-state index contributed by atoms with van der Waals surface area (Å²) in [6.45, 7) is 3.66. The van der Waals surface area contributed by atoms with Gasteiger partial charge in [-0.05, 0) is 43.0 Å². The number of aliphatic carboxylic acids is 1. The first-order valence-electron chi connectivity index (χ1n) is 8.49. The van der Waals surface area contributed by atoms with Gasteiger partial charge in [0.05, 0.1) is 20.3 Å². The van der Waals surface area contributed by atoms with E-state index in [1.807, 2.05) is 0 Å². The molecule has 0 unspecified atom stereocenters. The van der Waals surface area contributed by atoms with Crippen LogP contribution in [-0.2, 0) is 23.9 Å². The van der Waals surface area contributed by atoms with Gasteiger partial charge in [0.1, 0.15) is 5.75 Å². The molecule has 0 radical (unpaired) electrons. The molecule has 7 heteroatoms. The number of hydrogen-bond acceptors (Lipinski definition) is 6. The molecular weight excluding hydrogens is 352 g/mol. The van der Waals surface area contributed by atoms with Crippen molar-refractivity contribution >= 4 is 24.0 Å². The Labute approximate surface area is 158 Å². The Balaban J connectivity index is 2.59. The van der Waals surface area contributed by atoms with Crippen LogP contribution >= 0.6 is 0 Å². The van der Waals surface area contributed by atoms with Crippen LogP contribution in [0.1, 0.15) is 31.2 Å². The van der Waals surface area contributed by atoms with Crippen molar-refractivity contribution < 1.29 is 33.7 Å². The predicted octanol–water partition coefficient (Wildman–Crippen LogP) is 3.00. The highest BCUT2D eigenvalue weighted by molar-refractivity contribution is 5.94. The van der Waals surface area contributed by atoms with E-state index in [1.165, 1.54) is 0 Å². The number of carboxylic acids is 1. The highest BCUT2D eigenvalue weighted by Gasteiger charge is 2.13. The molecule has 0 heterocycles. The number of benzene rings is 1. The molecule has 0 saturated heterocycles. The molecule has 27 heavy (non-hydrogen) atoms. The maximum atomic E-state index is 12.3. The van der Waals surface area contributed by atoms with Gasteiger partial charge < -0.3 is 19.3 Å². The van der Waals surface area contributed by atoms with E-state index in [1.54, 1.807) is 37.5 Å². The first-order valence-corrected chi connectivity index (χ1v) is 8.49. The van der Waals surface area contributed by atoms with E-state index in [0.29, 0.717) is 18.6 Å². The van der Waals surface area contributed by atoms with Gasteiger partial charge in [0.15, 0.2) is 0 Å². The van der Waals surface area contributed by atoms with E-state index in [4.69, 9.17) is 19.3 Å². The maximum absolute atomic E-state index is 12.3. The van der Waals surface area contributed by atoms with Crippen LogP contribution in [0.3, 0.4) is 0 Å². The van der Waals surface area contributed by atoms with Gasteiger partial charge in [-0.25, -0.2) is 9.59 Å². The van der Waals surface area contributed by atoms with E-state index >= 15 is 0 Å². The monoisotopic (exact) mass is 376 g/mol. The first kappa shape index (κ1) is 22.0. The van der Waals surface area contributed by atoms with Gasteiger partial charge in [0, 0.05) is 18.1 Å². The Morgan fingerprint density at radius 1 is 1.04 bits per heavy atom. The zero-order valence-electron chi connectivity index (χ0n) is 15.3. The zero-order chi connectivity index (χ0) is 20.1. The SMILES string of the molecule is C=CC(=O)OCCCCOC(=O)/C(=C\c1ccc(OC)cc1)CCC(=O)O. The summed E-state index contributed by atoms with van der Waals surface area (Å²) < 4.78 is 15.1. The quantitative estimate of drug-likeness (QED) is 0.340. The number of carboxylic acid groups (broad SMARTS) is 1. The fourth-order valence-corrected chi connectivity index (χ4v) is 2.07. The van der Waals surface area contributed by atoms with Crippen LogP contribution in [0.15, 0.2) is 42.5 Å². The maximum Gasteiger partial charge on any atom is 0.334 e. The molecule has 0 aliphatic heterocycles. The van der Waals surface area contributed by atoms with Gasteiger partial charge in [-0.1, -0.05) is 18.7 Å². The Bertz CT molecular complexity index is 674. The molecule has 1 aromatic carbocycles. The van der Waals surface area contributed by atoms with Gasteiger partial charge in [0.25, 0.3) is 0 Å². The molecule has 7 nitrogen and oxygen atoms in total. The third-order valence-electron chi connectivity index (χ3n) is 3.51. The first-order chi connectivity index (χ1) is 13.0. The number of methoxy groups -OCH3 is 1. The lowest BCUT2D eigenvalue weighted by Gasteiger charge is -2.08. The second-order valence-electron chi connectivity index (χ2n) is 5.55. The average Bonchev–Trinajstić information content (AvgIpc) is 2.67. The summed E-state index contributed by atoms with van der Waals surface area (Å²) in [6, 6.07) is 7.02. The number of rotatable bonds is 12. The molecule has 0 aliphatic carbocycles. The summed E-state index contributed by atoms with van der Waals surface area (Å²) in [4.78, 5) is 34.0. The largest absolute Gasteiger partial charge is 0.497 e. The summed E-state index contributed by atoms with van der Waals surface area (Å²) in [5.74, 6) is -1.37. The smallest absolute Gasteiger partial charge is 0.334 e. The highest BCUT2D eigenvalue weighted by atomic mass is 16.5. The number of carbonyl (C=O) groups is 3. The van der Waals surface area contributed by atoms with Crippen molar-refractivity contribution in [2.24, 2.45) is 0 Å². The lowest BCUT2D eigenvalue weighted by molar-refractivity contribution is -0.141. The van der Waals surface area contributed by atoms with E-state index < -0.39 is 17.9 Å². The van der Waals surface area contributed by atoms with Gasteiger partial charge in [-0.2, -0.15) is 0 Å². The molecule has 0 bridgehead atoms. The summed E-state index contributed by atoms with van der Waals surface area (Å²) in [6.07, 6.45) is 3.64. The van der Waals surface area contributed by atoms with Crippen LogP contribution in [0.4, 0.5) is 0 Å². The van der Waals surface area contributed by atoms with Crippen molar-refractivity contribution in [1.82, 2.24) is 0 Å². The van der Waals surface area contributed by atoms with Crippen molar-refractivity contribution in [3.8, 4) is 5.75 Å². The van der Waals surface area contributed by atoms with E-state index in [2.05, 4.69) is 6.58 Å². The molecule has 0 amide bonds. The Hall–Kier alpha value is -3.09. The number of hydrogen-bond donors (Lipinski definition) is 1. The molecule has 1 N–H and O–H groups in total. The van der Waals surface area contributed by atoms with Crippen LogP contribution < -0.4 is 4.74 Å². The topological polar surface area (TPSA) is 99.1 Å². The third-order valence-corrected chi connectivity index (χ3v) is 3.51. The van der Waals surface area contributed by atoms with Crippen LogP contribution in [0, 0.1) is 0 Å². The second-order valence-corrected chi connectivity index (χ2v) is 5.55. The van der Waals surface area contributed by atoms with Crippen LogP contribution in [0.5, 0.6) is 5.75 Å². The molecule has 1 aromatic rings. The molecule has 0 aromatic heterocycles.